The van der Waals surface area contributed by atoms with E-state index in [0.29, 0.717) is 15.5 Å². The van der Waals surface area contributed by atoms with E-state index in [1.54, 1.807) is 11.4 Å². The Labute approximate surface area is 98.2 Å². The van der Waals surface area contributed by atoms with E-state index < -0.39 is 17.2 Å². The number of aromatic nitrogens is 1. The molecule has 17 heavy (non-hydrogen) atoms. The molecule has 0 saturated carbocycles. The second-order valence-electron chi connectivity index (χ2n) is 3.63. The lowest BCUT2D eigenvalue weighted by molar-refractivity contribution is 0.371. The minimum Gasteiger partial charge on any atom is -0.504 e. The van der Waals surface area contributed by atoms with Crippen LogP contribution in [0.4, 0.5) is 0 Å². The minimum absolute atomic E-state index is 0.285. The number of benzene rings is 1. The highest BCUT2D eigenvalue weighted by atomic mass is 32.1. The molecule has 6 heteroatoms. The molecule has 0 bridgehead atoms. The lowest BCUT2D eigenvalue weighted by Gasteiger charge is -2.06. The SMILES string of the molecule is O=c1[nH]c2cc(O)c(O)c(O)c2c2ccsc12. The maximum absolute atomic E-state index is 11.7. The molecule has 0 radical (unpaired) electrons. The van der Waals surface area contributed by atoms with Gasteiger partial charge in [0.15, 0.2) is 11.5 Å². The van der Waals surface area contributed by atoms with Gasteiger partial charge in [0, 0.05) is 11.5 Å². The summed E-state index contributed by atoms with van der Waals surface area (Å²) in [7, 11) is 0. The number of H-pyrrole nitrogens is 1. The van der Waals surface area contributed by atoms with Crippen molar-refractivity contribution < 1.29 is 15.3 Å². The molecule has 4 N–H and O–H groups in total. The Bertz CT molecular complexity index is 802. The van der Waals surface area contributed by atoms with E-state index in [1.165, 1.54) is 17.4 Å². The lowest BCUT2D eigenvalue weighted by atomic mass is 10.1. The molecule has 86 valence electrons. The molecule has 0 aliphatic heterocycles. The first-order valence-electron chi connectivity index (χ1n) is 4.76. The number of phenols is 3. The van der Waals surface area contributed by atoms with Gasteiger partial charge in [0.2, 0.25) is 5.75 Å². The number of fused-ring (bicyclic) bond motifs is 3. The maximum Gasteiger partial charge on any atom is 0.266 e. The average Bonchev–Trinajstić information content (AvgIpc) is 2.75. The summed E-state index contributed by atoms with van der Waals surface area (Å²) in [6, 6.07) is 2.90. The highest BCUT2D eigenvalue weighted by Crippen LogP contribution is 2.43. The molecule has 3 aromatic rings. The average molecular weight is 249 g/mol. The molecule has 0 fully saturated rings. The molecular formula is C11H7NO4S. The number of rotatable bonds is 0. The molecule has 0 unspecified atom stereocenters. The molecule has 0 atom stereocenters. The number of phenolic OH excluding ortho intramolecular Hbond substituents is 3. The Kier molecular flexibility index (Phi) is 1.84. The molecule has 1 aromatic carbocycles. The summed E-state index contributed by atoms with van der Waals surface area (Å²) in [6.45, 7) is 0. The molecule has 0 saturated heterocycles. The van der Waals surface area contributed by atoms with Crippen LogP contribution in [0.15, 0.2) is 22.3 Å². The zero-order valence-electron chi connectivity index (χ0n) is 8.39. The third kappa shape index (κ3) is 1.21. The second-order valence-corrected chi connectivity index (χ2v) is 4.55. The normalized spacial score (nSPS) is 11.3. The van der Waals surface area contributed by atoms with Gasteiger partial charge in [-0.25, -0.2) is 0 Å². The molecule has 0 aliphatic rings. The first-order valence-corrected chi connectivity index (χ1v) is 5.64. The van der Waals surface area contributed by atoms with Crippen molar-refractivity contribution in [2.45, 2.75) is 0 Å². The lowest BCUT2D eigenvalue weighted by Crippen LogP contribution is -2.04. The van der Waals surface area contributed by atoms with E-state index in [9.17, 15) is 20.1 Å². The van der Waals surface area contributed by atoms with Crippen LogP contribution in [0.2, 0.25) is 0 Å². The van der Waals surface area contributed by atoms with Crippen LogP contribution in [-0.2, 0) is 0 Å². The predicted molar refractivity (Wildman–Crippen MR) is 64.9 cm³/mol. The Morgan fingerprint density at radius 2 is 1.94 bits per heavy atom. The monoisotopic (exact) mass is 249 g/mol. The fraction of sp³-hybridized carbons (Fsp3) is 0. The number of pyridine rings is 1. The van der Waals surface area contributed by atoms with Crippen molar-refractivity contribution in [1.29, 1.82) is 0 Å². The van der Waals surface area contributed by atoms with Gasteiger partial charge in [-0.3, -0.25) is 4.79 Å². The van der Waals surface area contributed by atoms with Crippen LogP contribution in [0.3, 0.4) is 0 Å². The summed E-state index contributed by atoms with van der Waals surface area (Å²) in [6.07, 6.45) is 0. The Balaban J connectivity index is 2.70. The molecular weight excluding hydrogens is 242 g/mol. The summed E-state index contributed by atoms with van der Waals surface area (Å²) in [5.41, 5.74) is 0.000639. The van der Waals surface area contributed by atoms with Crippen LogP contribution in [0.5, 0.6) is 17.2 Å². The van der Waals surface area contributed by atoms with Gasteiger partial charge in [0.25, 0.3) is 5.56 Å². The Morgan fingerprint density at radius 1 is 1.18 bits per heavy atom. The number of hydrogen-bond donors (Lipinski definition) is 4. The highest BCUT2D eigenvalue weighted by Gasteiger charge is 2.16. The zero-order valence-corrected chi connectivity index (χ0v) is 9.21. The van der Waals surface area contributed by atoms with Gasteiger partial charge in [0.05, 0.1) is 10.9 Å². The van der Waals surface area contributed by atoms with Crippen LogP contribution >= 0.6 is 11.3 Å². The van der Waals surface area contributed by atoms with Gasteiger partial charge in [-0.15, -0.1) is 11.3 Å². The maximum atomic E-state index is 11.7. The van der Waals surface area contributed by atoms with Crippen LogP contribution in [-0.4, -0.2) is 20.3 Å². The number of nitrogens with one attached hydrogen (secondary N) is 1. The summed E-state index contributed by atoms with van der Waals surface area (Å²) in [5, 5.41) is 31.3. The van der Waals surface area contributed by atoms with E-state index in [0.717, 1.165) is 0 Å². The van der Waals surface area contributed by atoms with Crippen LogP contribution in [0.1, 0.15) is 0 Å². The van der Waals surface area contributed by atoms with Crippen molar-refractivity contribution in [2.24, 2.45) is 0 Å². The van der Waals surface area contributed by atoms with Gasteiger partial charge >= 0.3 is 0 Å². The number of aromatic amines is 1. The predicted octanol–water partition coefficient (Wildman–Crippen LogP) is 1.86. The van der Waals surface area contributed by atoms with E-state index in [4.69, 9.17) is 0 Å². The van der Waals surface area contributed by atoms with Crippen molar-refractivity contribution in [3.63, 3.8) is 0 Å². The van der Waals surface area contributed by atoms with Gasteiger partial charge < -0.3 is 20.3 Å². The molecule has 0 amide bonds. The Morgan fingerprint density at radius 3 is 2.71 bits per heavy atom. The summed E-state index contributed by atoms with van der Waals surface area (Å²) in [5.74, 6) is -1.49. The molecule has 0 spiro atoms. The van der Waals surface area contributed by atoms with Crippen molar-refractivity contribution in [1.82, 2.24) is 4.98 Å². The standard InChI is InChI=1S/C11H7NO4S/c13-6-3-5-7(9(15)8(6)14)4-1-2-17-10(4)11(16)12-5/h1-3,13-15H,(H,12,16). The largest absolute Gasteiger partial charge is 0.504 e. The zero-order chi connectivity index (χ0) is 12.2. The first-order chi connectivity index (χ1) is 8.09. The molecule has 2 heterocycles. The number of aromatic hydroxyl groups is 3. The van der Waals surface area contributed by atoms with Crippen LogP contribution in [0.25, 0.3) is 21.0 Å². The van der Waals surface area contributed by atoms with Gasteiger partial charge in [0.1, 0.15) is 4.70 Å². The van der Waals surface area contributed by atoms with Crippen LogP contribution in [0, 0.1) is 0 Å². The molecule has 0 aliphatic carbocycles. The minimum atomic E-state index is -0.586. The summed E-state index contributed by atoms with van der Waals surface area (Å²) in [4.78, 5) is 14.2. The highest BCUT2D eigenvalue weighted by molar-refractivity contribution is 7.17. The van der Waals surface area contributed by atoms with Crippen molar-refractivity contribution in [3.05, 3.63) is 27.9 Å². The van der Waals surface area contributed by atoms with E-state index in [1.807, 2.05) is 0 Å². The van der Waals surface area contributed by atoms with Crippen LogP contribution < -0.4 is 5.56 Å². The number of thiophene rings is 1. The first kappa shape index (κ1) is 9.98. The molecule has 2 aromatic heterocycles. The van der Waals surface area contributed by atoms with E-state index in [-0.39, 0.29) is 11.1 Å². The third-order valence-corrected chi connectivity index (χ3v) is 3.56. The smallest absolute Gasteiger partial charge is 0.266 e. The summed E-state index contributed by atoms with van der Waals surface area (Å²) < 4.78 is 0.470. The third-order valence-electron chi connectivity index (χ3n) is 2.64. The van der Waals surface area contributed by atoms with Crippen molar-refractivity contribution in [2.75, 3.05) is 0 Å². The Hall–Kier alpha value is -2.21. The quantitative estimate of drug-likeness (QED) is 0.457. The fourth-order valence-electron chi connectivity index (χ4n) is 1.88. The second kappa shape index (κ2) is 3.14. The molecule has 3 rings (SSSR count). The van der Waals surface area contributed by atoms with Gasteiger partial charge in [-0.05, 0) is 11.4 Å². The van der Waals surface area contributed by atoms with Gasteiger partial charge in [-0.1, -0.05) is 0 Å². The van der Waals surface area contributed by atoms with Crippen molar-refractivity contribution >= 4 is 32.3 Å². The van der Waals surface area contributed by atoms with E-state index >= 15 is 0 Å². The summed E-state index contributed by atoms with van der Waals surface area (Å²) >= 11 is 1.25. The van der Waals surface area contributed by atoms with Crippen molar-refractivity contribution in [3.8, 4) is 17.2 Å². The number of hydrogen-bond acceptors (Lipinski definition) is 5. The molecule has 5 nitrogen and oxygen atoms in total. The van der Waals surface area contributed by atoms with Gasteiger partial charge in [-0.2, -0.15) is 0 Å². The fourth-order valence-corrected chi connectivity index (χ4v) is 2.67. The topological polar surface area (TPSA) is 93.6 Å². The van der Waals surface area contributed by atoms with E-state index in [2.05, 4.69) is 4.98 Å².